The Hall–Kier alpha value is -2.61. The summed E-state index contributed by atoms with van der Waals surface area (Å²) in [4.78, 5) is 16.6. The molecule has 28 heavy (non-hydrogen) atoms. The maximum absolute atomic E-state index is 11.7. The molecular formula is C24H27N3O. The van der Waals surface area contributed by atoms with Gasteiger partial charge in [0.05, 0.1) is 0 Å². The number of fused-ring (bicyclic) bond motifs is 1. The summed E-state index contributed by atoms with van der Waals surface area (Å²) < 4.78 is 0. The molecule has 1 saturated heterocycles. The summed E-state index contributed by atoms with van der Waals surface area (Å²) in [5.41, 5.74) is 12.0. The average Bonchev–Trinajstić information content (AvgIpc) is 3.06. The van der Waals surface area contributed by atoms with Gasteiger partial charge in [0.2, 0.25) is 5.91 Å². The molecule has 1 heterocycles. The second-order valence-corrected chi connectivity index (χ2v) is 8.11. The Morgan fingerprint density at radius 2 is 1.82 bits per heavy atom. The highest BCUT2D eigenvalue weighted by Gasteiger charge is 2.39. The van der Waals surface area contributed by atoms with E-state index in [1.807, 2.05) is 12.1 Å². The SMILES string of the molecule is C#Cc1cc(C)ccc1C1Cc2cc(C(N)=O)ccc2C1N1CCN(C)CC1. The zero-order chi connectivity index (χ0) is 19.8. The first-order valence-corrected chi connectivity index (χ1v) is 9.90. The van der Waals surface area contributed by atoms with Crippen LogP contribution in [0.4, 0.5) is 0 Å². The van der Waals surface area contributed by atoms with Gasteiger partial charge < -0.3 is 10.6 Å². The van der Waals surface area contributed by atoms with Crippen molar-refractivity contribution >= 4 is 5.91 Å². The fourth-order valence-corrected chi connectivity index (χ4v) is 4.74. The molecule has 4 nitrogen and oxygen atoms in total. The third-order valence-corrected chi connectivity index (χ3v) is 6.26. The van der Waals surface area contributed by atoms with Crippen molar-refractivity contribution in [3.63, 3.8) is 0 Å². The lowest BCUT2D eigenvalue weighted by atomic mass is 9.87. The van der Waals surface area contributed by atoms with Gasteiger partial charge in [-0.15, -0.1) is 6.42 Å². The van der Waals surface area contributed by atoms with Gasteiger partial charge in [0.15, 0.2) is 0 Å². The zero-order valence-electron chi connectivity index (χ0n) is 16.6. The number of nitrogens with zero attached hydrogens (tertiary/aromatic N) is 2. The number of amides is 1. The van der Waals surface area contributed by atoms with Crippen LogP contribution < -0.4 is 5.73 Å². The number of carbonyl (C=O) groups excluding carboxylic acids is 1. The summed E-state index contributed by atoms with van der Waals surface area (Å²) in [5, 5.41) is 0. The van der Waals surface area contributed by atoms with Crippen LogP contribution >= 0.6 is 0 Å². The summed E-state index contributed by atoms with van der Waals surface area (Å²) >= 11 is 0. The summed E-state index contributed by atoms with van der Waals surface area (Å²) in [7, 11) is 2.17. The van der Waals surface area contributed by atoms with E-state index in [2.05, 4.69) is 54.0 Å². The van der Waals surface area contributed by atoms with Crippen molar-refractivity contribution in [3.8, 4) is 12.3 Å². The molecule has 2 aromatic carbocycles. The van der Waals surface area contributed by atoms with Gasteiger partial charge in [-0.3, -0.25) is 9.69 Å². The summed E-state index contributed by atoms with van der Waals surface area (Å²) in [6.07, 6.45) is 6.75. The van der Waals surface area contributed by atoms with Gasteiger partial charge in [0.25, 0.3) is 0 Å². The fourth-order valence-electron chi connectivity index (χ4n) is 4.74. The van der Waals surface area contributed by atoms with E-state index in [0.717, 1.165) is 38.2 Å². The van der Waals surface area contributed by atoms with E-state index >= 15 is 0 Å². The normalized spacial score (nSPS) is 22.6. The van der Waals surface area contributed by atoms with Crippen LogP contribution in [0.3, 0.4) is 0 Å². The highest BCUT2D eigenvalue weighted by atomic mass is 16.1. The number of likely N-dealkylation sites (N-methyl/N-ethyl adjacent to an activating group) is 1. The van der Waals surface area contributed by atoms with E-state index in [1.54, 1.807) is 0 Å². The van der Waals surface area contributed by atoms with Crippen LogP contribution in [0.1, 0.15) is 50.1 Å². The Bertz CT molecular complexity index is 951. The molecule has 1 amide bonds. The van der Waals surface area contributed by atoms with Crippen molar-refractivity contribution < 1.29 is 4.79 Å². The van der Waals surface area contributed by atoms with Crippen LogP contribution in [-0.4, -0.2) is 48.9 Å². The molecule has 2 atom stereocenters. The molecule has 0 saturated carbocycles. The second-order valence-electron chi connectivity index (χ2n) is 8.11. The number of primary amides is 1. The number of carbonyl (C=O) groups is 1. The predicted octanol–water partition coefficient (Wildman–Crippen LogP) is 2.70. The Morgan fingerprint density at radius 1 is 1.11 bits per heavy atom. The summed E-state index contributed by atoms with van der Waals surface area (Å²) in [6, 6.07) is 12.7. The molecule has 4 heteroatoms. The van der Waals surface area contributed by atoms with Crippen LogP contribution in [0, 0.1) is 19.3 Å². The largest absolute Gasteiger partial charge is 0.366 e. The van der Waals surface area contributed by atoms with Gasteiger partial charge in [-0.2, -0.15) is 0 Å². The molecule has 1 aliphatic heterocycles. The van der Waals surface area contributed by atoms with E-state index < -0.39 is 0 Å². The molecule has 2 aliphatic rings. The number of benzene rings is 2. The van der Waals surface area contributed by atoms with Gasteiger partial charge in [-0.25, -0.2) is 0 Å². The van der Waals surface area contributed by atoms with Crippen molar-refractivity contribution in [2.24, 2.45) is 5.73 Å². The third kappa shape index (κ3) is 3.32. The molecule has 2 unspecified atom stereocenters. The topological polar surface area (TPSA) is 49.6 Å². The van der Waals surface area contributed by atoms with E-state index in [4.69, 9.17) is 12.2 Å². The Labute approximate surface area is 167 Å². The molecular weight excluding hydrogens is 346 g/mol. The van der Waals surface area contributed by atoms with E-state index in [1.165, 1.54) is 22.3 Å². The molecule has 1 aliphatic carbocycles. The minimum atomic E-state index is -0.373. The molecule has 0 aromatic heterocycles. The van der Waals surface area contributed by atoms with Crippen molar-refractivity contribution in [2.45, 2.75) is 25.3 Å². The van der Waals surface area contributed by atoms with Crippen LogP contribution in [-0.2, 0) is 6.42 Å². The third-order valence-electron chi connectivity index (χ3n) is 6.26. The minimum Gasteiger partial charge on any atom is -0.366 e. The number of aryl methyl sites for hydroxylation is 1. The quantitative estimate of drug-likeness (QED) is 0.842. The van der Waals surface area contributed by atoms with Crippen LogP contribution in [0.2, 0.25) is 0 Å². The van der Waals surface area contributed by atoms with Crippen molar-refractivity contribution in [2.75, 3.05) is 33.2 Å². The summed E-state index contributed by atoms with van der Waals surface area (Å²) in [5.74, 6) is 2.81. The first kappa shape index (κ1) is 18.7. The van der Waals surface area contributed by atoms with Gasteiger partial charge >= 0.3 is 0 Å². The highest BCUT2D eigenvalue weighted by Crippen LogP contribution is 2.47. The number of hydrogen-bond acceptors (Lipinski definition) is 3. The number of piperazine rings is 1. The van der Waals surface area contributed by atoms with Gasteiger partial charge in [0, 0.05) is 49.3 Å². The van der Waals surface area contributed by atoms with E-state index in [-0.39, 0.29) is 17.9 Å². The Kier molecular flexibility index (Phi) is 4.97. The highest BCUT2D eigenvalue weighted by molar-refractivity contribution is 5.93. The second kappa shape index (κ2) is 7.43. The number of terminal acetylenes is 1. The van der Waals surface area contributed by atoms with Crippen molar-refractivity contribution in [1.82, 2.24) is 9.80 Å². The fraction of sp³-hybridized carbons (Fsp3) is 0.375. The molecule has 0 bridgehead atoms. The van der Waals surface area contributed by atoms with Crippen molar-refractivity contribution in [1.29, 1.82) is 0 Å². The maximum atomic E-state index is 11.7. The van der Waals surface area contributed by atoms with Gasteiger partial charge in [-0.05, 0) is 60.8 Å². The number of rotatable bonds is 3. The molecule has 2 N–H and O–H groups in total. The molecule has 2 aromatic rings. The monoisotopic (exact) mass is 373 g/mol. The maximum Gasteiger partial charge on any atom is 0.248 e. The Morgan fingerprint density at radius 3 is 2.50 bits per heavy atom. The van der Waals surface area contributed by atoms with Crippen LogP contribution in [0.15, 0.2) is 36.4 Å². The lowest BCUT2D eigenvalue weighted by Gasteiger charge is -2.39. The summed E-state index contributed by atoms with van der Waals surface area (Å²) in [6.45, 7) is 6.27. The van der Waals surface area contributed by atoms with Gasteiger partial charge in [-0.1, -0.05) is 24.1 Å². The molecule has 144 valence electrons. The predicted molar refractivity (Wildman–Crippen MR) is 112 cm³/mol. The molecule has 0 radical (unpaired) electrons. The first-order chi connectivity index (χ1) is 13.5. The smallest absolute Gasteiger partial charge is 0.248 e. The number of hydrogen-bond donors (Lipinski definition) is 1. The molecule has 0 spiro atoms. The number of nitrogens with two attached hydrogens (primary N) is 1. The molecule has 1 fully saturated rings. The first-order valence-electron chi connectivity index (χ1n) is 9.90. The lowest BCUT2D eigenvalue weighted by Crippen LogP contribution is -2.46. The lowest BCUT2D eigenvalue weighted by molar-refractivity contribution is 0.0999. The molecule has 4 rings (SSSR count). The van der Waals surface area contributed by atoms with E-state index in [0.29, 0.717) is 5.56 Å². The zero-order valence-corrected chi connectivity index (χ0v) is 16.6. The van der Waals surface area contributed by atoms with Crippen molar-refractivity contribution in [3.05, 3.63) is 69.8 Å². The standard InChI is InChI=1S/C24H27N3O/c1-4-17-13-16(2)5-7-20(17)22-15-19-14-18(24(25)28)6-8-21(19)23(22)27-11-9-26(3)10-12-27/h1,5-8,13-14,22-23H,9-12,15H2,2-3H3,(H2,25,28). The van der Waals surface area contributed by atoms with Crippen LogP contribution in [0.25, 0.3) is 0 Å². The Balaban J connectivity index is 1.78. The average molecular weight is 374 g/mol. The minimum absolute atomic E-state index is 0.278. The van der Waals surface area contributed by atoms with Gasteiger partial charge in [0.1, 0.15) is 0 Å². The van der Waals surface area contributed by atoms with Crippen LogP contribution in [0.5, 0.6) is 0 Å². The van der Waals surface area contributed by atoms with E-state index in [9.17, 15) is 4.79 Å².